The third-order valence-corrected chi connectivity index (χ3v) is 3.45. The van der Waals surface area contributed by atoms with Gasteiger partial charge in [-0.2, -0.15) is 0 Å². The summed E-state index contributed by atoms with van der Waals surface area (Å²) in [6, 6.07) is 4.14. The Morgan fingerprint density at radius 1 is 1.53 bits per heavy atom. The molecule has 92 valence electrons. The zero-order valence-electron chi connectivity index (χ0n) is 9.72. The van der Waals surface area contributed by atoms with Gasteiger partial charge in [0.25, 0.3) is 0 Å². The highest BCUT2D eigenvalue weighted by molar-refractivity contribution is 7.17. The average Bonchev–Trinajstić information content (AvgIpc) is 2.79. The SMILES string of the molecule is COCC(CCO)Nc1nccc2sccc12. The molecule has 17 heavy (non-hydrogen) atoms. The molecule has 2 N–H and O–H groups in total. The Labute approximate surface area is 104 Å². The predicted octanol–water partition coefficient (Wildman–Crippen LogP) is 2.11. The highest BCUT2D eigenvalue weighted by Gasteiger charge is 2.10. The predicted molar refractivity (Wildman–Crippen MR) is 70.6 cm³/mol. The lowest BCUT2D eigenvalue weighted by atomic mass is 10.2. The van der Waals surface area contributed by atoms with Gasteiger partial charge in [-0.05, 0) is 23.9 Å². The smallest absolute Gasteiger partial charge is 0.134 e. The van der Waals surface area contributed by atoms with Gasteiger partial charge in [-0.25, -0.2) is 4.98 Å². The van der Waals surface area contributed by atoms with Crippen molar-refractivity contribution in [3.63, 3.8) is 0 Å². The monoisotopic (exact) mass is 252 g/mol. The molecule has 0 amide bonds. The number of fused-ring (bicyclic) bond motifs is 1. The quantitative estimate of drug-likeness (QED) is 0.826. The normalized spacial score (nSPS) is 12.8. The highest BCUT2D eigenvalue weighted by Crippen LogP contribution is 2.26. The van der Waals surface area contributed by atoms with Crippen LogP contribution in [0.5, 0.6) is 0 Å². The standard InChI is InChI=1S/C12H16N2O2S/c1-16-8-9(3-6-15)14-12-10-4-7-17-11(10)2-5-13-12/h2,4-5,7,9,15H,3,6,8H2,1H3,(H,13,14). The molecule has 2 aromatic rings. The van der Waals surface area contributed by atoms with Crippen molar-refractivity contribution in [1.82, 2.24) is 4.98 Å². The maximum atomic E-state index is 9.00. The lowest BCUT2D eigenvalue weighted by Crippen LogP contribution is -2.26. The number of methoxy groups -OCH3 is 1. The molecule has 0 aliphatic heterocycles. The van der Waals surface area contributed by atoms with Gasteiger partial charge in [0.15, 0.2) is 0 Å². The first-order valence-electron chi connectivity index (χ1n) is 5.53. The number of hydrogen-bond donors (Lipinski definition) is 2. The van der Waals surface area contributed by atoms with E-state index < -0.39 is 0 Å². The van der Waals surface area contributed by atoms with Crippen molar-refractivity contribution in [3.8, 4) is 0 Å². The number of aliphatic hydroxyl groups excluding tert-OH is 1. The van der Waals surface area contributed by atoms with Gasteiger partial charge in [0.2, 0.25) is 0 Å². The minimum atomic E-state index is 0.0861. The van der Waals surface area contributed by atoms with Crippen molar-refractivity contribution in [3.05, 3.63) is 23.7 Å². The number of ether oxygens (including phenoxy) is 1. The fraction of sp³-hybridized carbons (Fsp3) is 0.417. The van der Waals surface area contributed by atoms with Crippen LogP contribution in [0.4, 0.5) is 5.82 Å². The molecule has 0 fully saturated rings. The Kier molecular flexibility index (Phi) is 4.30. The Morgan fingerprint density at radius 3 is 3.18 bits per heavy atom. The Hall–Kier alpha value is -1.17. The molecule has 0 spiro atoms. The van der Waals surface area contributed by atoms with Crippen molar-refractivity contribution in [2.24, 2.45) is 0 Å². The summed E-state index contributed by atoms with van der Waals surface area (Å²) in [5, 5.41) is 15.5. The first-order valence-corrected chi connectivity index (χ1v) is 6.41. The van der Waals surface area contributed by atoms with Gasteiger partial charge < -0.3 is 15.2 Å². The first kappa shape index (κ1) is 12.3. The van der Waals surface area contributed by atoms with Crippen molar-refractivity contribution in [2.45, 2.75) is 12.5 Å². The van der Waals surface area contributed by atoms with Crippen molar-refractivity contribution in [2.75, 3.05) is 25.6 Å². The second kappa shape index (κ2) is 5.95. The molecule has 0 aliphatic carbocycles. The lowest BCUT2D eigenvalue weighted by Gasteiger charge is -2.17. The van der Waals surface area contributed by atoms with Gasteiger partial charge in [0, 0.05) is 30.0 Å². The topological polar surface area (TPSA) is 54.4 Å². The van der Waals surface area contributed by atoms with Crippen LogP contribution in [0.2, 0.25) is 0 Å². The van der Waals surface area contributed by atoms with Crippen molar-refractivity contribution >= 4 is 27.2 Å². The molecule has 0 radical (unpaired) electrons. The van der Waals surface area contributed by atoms with Crippen LogP contribution >= 0.6 is 11.3 Å². The molecule has 1 unspecified atom stereocenters. The number of anilines is 1. The molecule has 0 saturated heterocycles. The van der Waals surface area contributed by atoms with E-state index in [9.17, 15) is 0 Å². The average molecular weight is 252 g/mol. The largest absolute Gasteiger partial charge is 0.396 e. The van der Waals surface area contributed by atoms with E-state index in [0.717, 1.165) is 11.2 Å². The lowest BCUT2D eigenvalue weighted by molar-refractivity contribution is 0.170. The molecule has 5 heteroatoms. The first-order chi connectivity index (χ1) is 8.35. The minimum Gasteiger partial charge on any atom is -0.396 e. The summed E-state index contributed by atoms with van der Waals surface area (Å²) in [6.07, 6.45) is 2.44. The second-order valence-corrected chi connectivity index (χ2v) is 4.75. The molecule has 1 atom stereocenters. The van der Waals surface area contributed by atoms with Crippen LogP contribution in [0.15, 0.2) is 23.7 Å². The summed E-state index contributed by atoms with van der Waals surface area (Å²) in [5.41, 5.74) is 0. The zero-order chi connectivity index (χ0) is 12.1. The number of nitrogens with zero attached hydrogens (tertiary/aromatic N) is 1. The molecule has 0 saturated carbocycles. The maximum absolute atomic E-state index is 9.00. The van der Waals surface area contributed by atoms with E-state index in [-0.39, 0.29) is 12.6 Å². The Balaban J connectivity index is 2.18. The van der Waals surface area contributed by atoms with E-state index >= 15 is 0 Å². The van der Waals surface area contributed by atoms with E-state index in [2.05, 4.69) is 21.7 Å². The molecular formula is C12H16N2O2S. The summed E-state index contributed by atoms with van der Waals surface area (Å²) >= 11 is 1.69. The number of nitrogens with one attached hydrogen (secondary N) is 1. The van der Waals surface area contributed by atoms with E-state index in [1.165, 1.54) is 4.70 Å². The van der Waals surface area contributed by atoms with Gasteiger partial charge in [-0.1, -0.05) is 0 Å². The van der Waals surface area contributed by atoms with Crippen LogP contribution in [-0.2, 0) is 4.74 Å². The van der Waals surface area contributed by atoms with E-state index in [4.69, 9.17) is 9.84 Å². The molecule has 2 aromatic heterocycles. The van der Waals surface area contributed by atoms with Crippen LogP contribution in [0.25, 0.3) is 10.1 Å². The van der Waals surface area contributed by atoms with E-state index in [1.807, 2.05) is 6.07 Å². The van der Waals surface area contributed by atoms with Crippen LogP contribution in [-0.4, -0.2) is 36.5 Å². The molecule has 2 heterocycles. The fourth-order valence-electron chi connectivity index (χ4n) is 1.76. The van der Waals surface area contributed by atoms with Crippen molar-refractivity contribution in [1.29, 1.82) is 0 Å². The number of rotatable bonds is 6. The summed E-state index contributed by atoms with van der Waals surface area (Å²) < 4.78 is 6.33. The third-order valence-electron chi connectivity index (χ3n) is 2.57. The molecule has 0 bridgehead atoms. The highest BCUT2D eigenvalue weighted by atomic mass is 32.1. The maximum Gasteiger partial charge on any atom is 0.134 e. The van der Waals surface area contributed by atoms with Gasteiger partial charge in [0.1, 0.15) is 5.82 Å². The van der Waals surface area contributed by atoms with Crippen LogP contribution in [0.3, 0.4) is 0 Å². The van der Waals surface area contributed by atoms with E-state index in [1.54, 1.807) is 24.6 Å². The summed E-state index contributed by atoms with van der Waals surface area (Å²) in [4.78, 5) is 4.34. The van der Waals surface area contributed by atoms with E-state index in [0.29, 0.717) is 13.0 Å². The third kappa shape index (κ3) is 2.94. The van der Waals surface area contributed by atoms with Gasteiger partial charge in [-0.15, -0.1) is 11.3 Å². The molecular weight excluding hydrogens is 236 g/mol. The molecule has 4 nitrogen and oxygen atoms in total. The minimum absolute atomic E-state index is 0.0861. The molecule has 2 rings (SSSR count). The number of thiophene rings is 1. The van der Waals surface area contributed by atoms with Gasteiger partial charge in [0.05, 0.1) is 12.6 Å². The summed E-state index contributed by atoms with van der Waals surface area (Å²) in [7, 11) is 1.66. The zero-order valence-corrected chi connectivity index (χ0v) is 10.5. The summed E-state index contributed by atoms with van der Waals surface area (Å²) in [6.45, 7) is 0.698. The number of hydrogen-bond acceptors (Lipinski definition) is 5. The molecule has 0 aliphatic rings. The number of aromatic nitrogens is 1. The Morgan fingerprint density at radius 2 is 2.41 bits per heavy atom. The van der Waals surface area contributed by atoms with Gasteiger partial charge in [-0.3, -0.25) is 0 Å². The van der Waals surface area contributed by atoms with Crippen LogP contribution in [0.1, 0.15) is 6.42 Å². The molecule has 0 aromatic carbocycles. The van der Waals surface area contributed by atoms with Crippen molar-refractivity contribution < 1.29 is 9.84 Å². The number of aliphatic hydroxyl groups is 1. The fourth-order valence-corrected chi connectivity index (χ4v) is 2.54. The van der Waals surface area contributed by atoms with Gasteiger partial charge >= 0.3 is 0 Å². The van der Waals surface area contributed by atoms with Crippen LogP contribution in [0, 0.1) is 0 Å². The van der Waals surface area contributed by atoms with Crippen LogP contribution < -0.4 is 5.32 Å². The second-order valence-electron chi connectivity index (χ2n) is 3.80. The Bertz CT molecular complexity index is 466. The summed E-state index contributed by atoms with van der Waals surface area (Å²) in [5.74, 6) is 0.860. The number of pyridine rings is 1.